The minimum absolute atomic E-state index is 0.0916. The second-order valence-corrected chi connectivity index (χ2v) is 5.21. The predicted molar refractivity (Wildman–Crippen MR) is 77.3 cm³/mol. The molecule has 98 valence electrons. The van der Waals surface area contributed by atoms with Crippen molar-refractivity contribution in [2.75, 3.05) is 6.61 Å². The van der Waals surface area contributed by atoms with Gasteiger partial charge in [-0.3, -0.25) is 4.79 Å². The molecule has 1 aromatic rings. The van der Waals surface area contributed by atoms with Crippen molar-refractivity contribution in [2.45, 2.75) is 26.3 Å². The molecule has 0 aromatic heterocycles. The Morgan fingerprint density at radius 3 is 2.78 bits per heavy atom. The van der Waals surface area contributed by atoms with E-state index in [9.17, 15) is 9.59 Å². The predicted octanol–water partition coefficient (Wildman–Crippen LogP) is 2.36. The average Bonchev–Trinajstić information content (AvgIpc) is 2.35. The van der Waals surface area contributed by atoms with E-state index in [0.29, 0.717) is 5.56 Å². The number of ether oxygens (including phenoxy) is 1. The minimum atomic E-state index is -0.479. The van der Waals surface area contributed by atoms with Crippen LogP contribution in [0, 0.1) is 3.57 Å². The first-order valence-corrected chi connectivity index (χ1v) is 6.83. The summed E-state index contributed by atoms with van der Waals surface area (Å²) in [6.45, 7) is 3.64. The lowest BCUT2D eigenvalue weighted by molar-refractivity contribution is -0.124. The zero-order valence-corrected chi connectivity index (χ0v) is 12.6. The van der Waals surface area contributed by atoms with E-state index in [1.807, 2.05) is 19.9 Å². The maximum absolute atomic E-state index is 11.7. The highest BCUT2D eigenvalue weighted by atomic mass is 127. The fourth-order valence-corrected chi connectivity index (χ4v) is 1.79. The monoisotopic (exact) mass is 361 g/mol. The SMILES string of the molecule is CCC(C)NC(=O)COC(=O)c1cccc(I)c1. The fourth-order valence-electron chi connectivity index (χ4n) is 1.25. The molecule has 1 atom stereocenters. The van der Waals surface area contributed by atoms with E-state index in [0.717, 1.165) is 9.99 Å². The molecule has 0 heterocycles. The van der Waals surface area contributed by atoms with Crippen LogP contribution < -0.4 is 5.32 Å². The van der Waals surface area contributed by atoms with E-state index in [1.54, 1.807) is 18.2 Å². The van der Waals surface area contributed by atoms with Crippen molar-refractivity contribution < 1.29 is 14.3 Å². The molecule has 4 nitrogen and oxygen atoms in total. The smallest absolute Gasteiger partial charge is 0.338 e. The number of amides is 1. The summed E-state index contributed by atoms with van der Waals surface area (Å²) in [5.41, 5.74) is 0.457. The van der Waals surface area contributed by atoms with E-state index in [4.69, 9.17) is 4.74 Å². The lowest BCUT2D eigenvalue weighted by Crippen LogP contribution is -2.35. The first kappa shape index (κ1) is 14.9. The highest BCUT2D eigenvalue weighted by Crippen LogP contribution is 2.08. The second-order valence-electron chi connectivity index (χ2n) is 3.96. The Kier molecular flexibility index (Phi) is 6.11. The van der Waals surface area contributed by atoms with E-state index in [-0.39, 0.29) is 18.6 Å². The molecular weight excluding hydrogens is 345 g/mol. The van der Waals surface area contributed by atoms with Crippen LogP contribution in [-0.4, -0.2) is 24.5 Å². The second kappa shape index (κ2) is 7.35. The first-order chi connectivity index (χ1) is 8.52. The van der Waals surface area contributed by atoms with Gasteiger partial charge in [0.25, 0.3) is 5.91 Å². The van der Waals surface area contributed by atoms with Gasteiger partial charge in [-0.2, -0.15) is 0 Å². The number of benzene rings is 1. The normalized spacial score (nSPS) is 11.7. The van der Waals surface area contributed by atoms with Gasteiger partial charge in [0.2, 0.25) is 0 Å². The third-order valence-corrected chi connectivity index (χ3v) is 3.09. The summed E-state index contributed by atoms with van der Waals surface area (Å²) in [6.07, 6.45) is 0.844. The maximum Gasteiger partial charge on any atom is 0.338 e. The number of halogens is 1. The summed E-state index contributed by atoms with van der Waals surface area (Å²) >= 11 is 2.11. The Labute approximate surface area is 120 Å². The lowest BCUT2D eigenvalue weighted by atomic mass is 10.2. The number of nitrogens with one attached hydrogen (secondary N) is 1. The molecule has 0 aliphatic heterocycles. The van der Waals surface area contributed by atoms with Crippen molar-refractivity contribution in [3.05, 3.63) is 33.4 Å². The van der Waals surface area contributed by atoms with Crippen LogP contribution in [-0.2, 0) is 9.53 Å². The Hall–Kier alpha value is -1.11. The van der Waals surface area contributed by atoms with E-state index in [2.05, 4.69) is 27.9 Å². The van der Waals surface area contributed by atoms with Gasteiger partial charge in [0.1, 0.15) is 0 Å². The van der Waals surface area contributed by atoms with Crippen molar-refractivity contribution in [1.29, 1.82) is 0 Å². The van der Waals surface area contributed by atoms with Crippen molar-refractivity contribution in [3.63, 3.8) is 0 Å². The Morgan fingerprint density at radius 1 is 1.44 bits per heavy atom. The van der Waals surface area contributed by atoms with Gasteiger partial charge in [-0.15, -0.1) is 0 Å². The topological polar surface area (TPSA) is 55.4 Å². The summed E-state index contributed by atoms with van der Waals surface area (Å²) in [4.78, 5) is 23.1. The van der Waals surface area contributed by atoms with Crippen LogP contribution >= 0.6 is 22.6 Å². The molecule has 0 aliphatic carbocycles. The Balaban J connectivity index is 2.44. The number of carbonyl (C=O) groups is 2. The molecule has 18 heavy (non-hydrogen) atoms. The van der Waals surface area contributed by atoms with Gasteiger partial charge in [0.15, 0.2) is 6.61 Å². The van der Waals surface area contributed by atoms with Crippen LogP contribution in [0.15, 0.2) is 24.3 Å². The Morgan fingerprint density at radius 2 is 2.17 bits per heavy atom. The minimum Gasteiger partial charge on any atom is -0.452 e. The quantitative estimate of drug-likeness (QED) is 0.647. The lowest BCUT2D eigenvalue weighted by Gasteiger charge is -2.11. The van der Waals surface area contributed by atoms with E-state index in [1.165, 1.54) is 0 Å². The van der Waals surface area contributed by atoms with Gasteiger partial charge in [-0.05, 0) is 54.1 Å². The number of esters is 1. The van der Waals surface area contributed by atoms with Gasteiger partial charge in [-0.25, -0.2) is 4.79 Å². The van der Waals surface area contributed by atoms with Crippen molar-refractivity contribution >= 4 is 34.5 Å². The molecule has 0 bridgehead atoms. The largest absolute Gasteiger partial charge is 0.452 e. The maximum atomic E-state index is 11.7. The van der Waals surface area contributed by atoms with Crippen LogP contribution in [0.25, 0.3) is 0 Å². The molecule has 0 spiro atoms. The van der Waals surface area contributed by atoms with Gasteiger partial charge in [0.05, 0.1) is 5.56 Å². The Bertz CT molecular complexity index is 434. The van der Waals surface area contributed by atoms with Crippen LogP contribution in [0.4, 0.5) is 0 Å². The van der Waals surface area contributed by atoms with Crippen LogP contribution in [0.2, 0.25) is 0 Å². The number of hydrogen-bond acceptors (Lipinski definition) is 3. The molecule has 1 N–H and O–H groups in total. The number of hydrogen-bond donors (Lipinski definition) is 1. The van der Waals surface area contributed by atoms with Gasteiger partial charge in [-0.1, -0.05) is 13.0 Å². The molecule has 0 saturated carbocycles. The van der Waals surface area contributed by atoms with E-state index < -0.39 is 5.97 Å². The molecule has 1 unspecified atom stereocenters. The summed E-state index contributed by atoms with van der Waals surface area (Å²) in [5.74, 6) is -0.754. The fraction of sp³-hybridized carbons (Fsp3) is 0.385. The standard InChI is InChI=1S/C13H16INO3/c1-3-9(2)15-12(16)8-18-13(17)10-5-4-6-11(14)7-10/h4-7,9H,3,8H2,1-2H3,(H,15,16). The molecule has 0 saturated heterocycles. The van der Waals surface area contributed by atoms with Crippen LogP contribution in [0.5, 0.6) is 0 Å². The summed E-state index contributed by atoms with van der Waals surface area (Å²) in [6, 6.07) is 7.13. The van der Waals surface area contributed by atoms with Crippen molar-refractivity contribution in [1.82, 2.24) is 5.32 Å². The first-order valence-electron chi connectivity index (χ1n) is 5.75. The van der Waals surface area contributed by atoms with Gasteiger partial charge in [0, 0.05) is 9.61 Å². The molecule has 1 amide bonds. The zero-order valence-electron chi connectivity index (χ0n) is 10.4. The molecule has 0 aliphatic rings. The molecule has 0 fully saturated rings. The third-order valence-electron chi connectivity index (χ3n) is 2.41. The number of rotatable bonds is 5. The molecular formula is C13H16INO3. The summed E-state index contributed by atoms with van der Waals surface area (Å²) < 4.78 is 5.89. The van der Waals surface area contributed by atoms with Crippen molar-refractivity contribution in [2.24, 2.45) is 0 Å². The highest BCUT2D eigenvalue weighted by Gasteiger charge is 2.11. The average molecular weight is 361 g/mol. The third kappa shape index (κ3) is 5.03. The zero-order chi connectivity index (χ0) is 13.5. The van der Waals surface area contributed by atoms with Gasteiger partial charge >= 0.3 is 5.97 Å². The van der Waals surface area contributed by atoms with Crippen molar-refractivity contribution in [3.8, 4) is 0 Å². The summed E-state index contributed by atoms with van der Waals surface area (Å²) in [5, 5.41) is 2.73. The number of carbonyl (C=O) groups excluding carboxylic acids is 2. The molecule has 5 heteroatoms. The van der Waals surface area contributed by atoms with Crippen LogP contribution in [0.3, 0.4) is 0 Å². The molecule has 1 aromatic carbocycles. The highest BCUT2D eigenvalue weighted by molar-refractivity contribution is 14.1. The van der Waals surface area contributed by atoms with Crippen LogP contribution in [0.1, 0.15) is 30.6 Å². The van der Waals surface area contributed by atoms with E-state index >= 15 is 0 Å². The summed E-state index contributed by atoms with van der Waals surface area (Å²) in [7, 11) is 0. The molecule has 1 rings (SSSR count). The molecule has 0 radical (unpaired) electrons. The van der Waals surface area contributed by atoms with Gasteiger partial charge < -0.3 is 10.1 Å².